The maximum atomic E-state index is 5.88. The second-order valence-electron chi connectivity index (χ2n) is 4.23. The third-order valence-corrected chi connectivity index (χ3v) is 2.90. The van der Waals surface area contributed by atoms with E-state index in [1.165, 1.54) is 11.1 Å². The number of ether oxygens (including phenoxy) is 1. The number of aryl methyl sites for hydroxylation is 1. The smallest absolute Gasteiger partial charge is 0.128 e. The van der Waals surface area contributed by atoms with Gasteiger partial charge in [-0.25, -0.2) is 0 Å². The van der Waals surface area contributed by atoms with Crippen molar-refractivity contribution in [1.29, 1.82) is 0 Å². The summed E-state index contributed by atoms with van der Waals surface area (Å²) in [5.41, 5.74) is 6.14. The summed E-state index contributed by atoms with van der Waals surface area (Å²) in [4.78, 5) is 0. The van der Waals surface area contributed by atoms with Crippen LogP contribution in [0, 0.1) is 6.92 Å². The van der Waals surface area contributed by atoms with Crippen LogP contribution in [0.4, 0.5) is 0 Å². The Labute approximate surface area is 113 Å². The van der Waals surface area contributed by atoms with Crippen LogP contribution in [0.1, 0.15) is 16.7 Å². The van der Waals surface area contributed by atoms with Crippen LogP contribution < -0.4 is 10.2 Å². The Balaban J connectivity index is 2.11. The standard InChI is InChI=1S/C16H18N2O/c1-13-7-3-4-9-15(13)12-19-16-10-6-5-8-14(16)11-18-17-2/h3-11,17H,12H2,1-2H3/b18-11+. The molecular formula is C16H18N2O. The summed E-state index contributed by atoms with van der Waals surface area (Å²) in [6, 6.07) is 16.1. The molecule has 0 aliphatic carbocycles. The number of para-hydroxylation sites is 1. The first kappa shape index (κ1) is 13.1. The quantitative estimate of drug-likeness (QED) is 0.657. The molecule has 0 aliphatic rings. The maximum Gasteiger partial charge on any atom is 0.128 e. The van der Waals surface area contributed by atoms with E-state index in [-0.39, 0.29) is 0 Å². The van der Waals surface area contributed by atoms with Gasteiger partial charge in [-0.15, -0.1) is 0 Å². The fourth-order valence-electron chi connectivity index (χ4n) is 1.78. The van der Waals surface area contributed by atoms with Crippen LogP contribution >= 0.6 is 0 Å². The monoisotopic (exact) mass is 254 g/mol. The van der Waals surface area contributed by atoms with Crippen LogP contribution in [-0.4, -0.2) is 13.3 Å². The third kappa shape index (κ3) is 3.58. The first-order valence-electron chi connectivity index (χ1n) is 6.27. The molecule has 2 aromatic carbocycles. The fourth-order valence-corrected chi connectivity index (χ4v) is 1.78. The Hall–Kier alpha value is -2.29. The van der Waals surface area contributed by atoms with Crippen molar-refractivity contribution in [2.24, 2.45) is 5.10 Å². The van der Waals surface area contributed by atoms with Gasteiger partial charge in [0.15, 0.2) is 0 Å². The highest BCUT2D eigenvalue weighted by Gasteiger charge is 2.02. The molecule has 0 saturated carbocycles. The molecule has 0 heterocycles. The molecule has 1 N–H and O–H groups in total. The number of hydrogen-bond acceptors (Lipinski definition) is 3. The van der Waals surface area contributed by atoms with Crippen molar-refractivity contribution in [1.82, 2.24) is 5.43 Å². The van der Waals surface area contributed by atoms with E-state index in [0.29, 0.717) is 6.61 Å². The zero-order chi connectivity index (χ0) is 13.5. The highest BCUT2D eigenvalue weighted by Crippen LogP contribution is 2.18. The van der Waals surface area contributed by atoms with E-state index in [9.17, 15) is 0 Å². The molecule has 2 rings (SSSR count). The largest absolute Gasteiger partial charge is 0.488 e. The van der Waals surface area contributed by atoms with Gasteiger partial charge in [0.25, 0.3) is 0 Å². The Morgan fingerprint density at radius 1 is 1.11 bits per heavy atom. The number of hydrogen-bond donors (Lipinski definition) is 1. The number of hydrazone groups is 1. The maximum absolute atomic E-state index is 5.88. The summed E-state index contributed by atoms with van der Waals surface area (Å²) in [7, 11) is 1.77. The van der Waals surface area contributed by atoms with Gasteiger partial charge >= 0.3 is 0 Å². The summed E-state index contributed by atoms with van der Waals surface area (Å²) in [5, 5.41) is 4.02. The van der Waals surface area contributed by atoms with Crippen LogP contribution in [0.5, 0.6) is 5.75 Å². The number of benzene rings is 2. The van der Waals surface area contributed by atoms with E-state index in [1.54, 1.807) is 13.3 Å². The molecule has 0 aliphatic heterocycles. The van der Waals surface area contributed by atoms with Gasteiger partial charge in [0.2, 0.25) is 0 Å². The minimum Gasteiger partial charge on any atom is -0.488 e. The van der Waals surface area contributed by atoms with Gasteiger partial charge in [0.05, 0.1) is 6.21 Å². The van der Waals surface area contributed by atoms with Gasteiger partial charge in [-0.3, -0.25) is 0 Å². The molecule has 0 amide bonds. The molecule has 0 fully saturated rings. The van der Waals surface area contributed by atoms with Gasteiger partial charge in [-0.2, -0.15) is 5.10 Å². The second-order valence-corrected chi connectivity index (χ2v) is 4.23. The van der Waals surface area contributed by atoms with Gasteiger partial charge < -0.3 is 10.2 Å². The van der Waals surface area contributed by atoms with Crippen molar-refractivity contribution < 1.29 is 4.74 Å². The van der Waals surface area contributed by atoms with E-state index in [0.717, 1.165) is 11.3 Å². The summed E-state index contributed by atoms with van der Waals surface area (Å²) in [6.07, 6.45) is 1.76. The zero-order valence-corrected chi connectivity index (χ0v) is 11.3. The van der Waals surface area contributed by atoms with Gasteiger partial charge in [0.1, 0.15) is 12.4 Å². The Kier molecular flexibility index (Phi) is 4.56. The highest BCUT2D eigenvalue weighted by molar-refractivity contribution is 5.83. The SMILES string of the molecule is CN/N=C/c1ccccc1OCc1ccccc1C. The van der Waals surface area contributed by atoms with Crippen molar-refractivity contribution in [2.75, 3.05) is 7.05 Å². The summed E-state index contributed by atoms with van der Waals surface area (Å²) in [6.45, 7) is 2.66. The summed E-state index contributed by atoms with van der Waals surface area (Å²) in [5.74, 6) is 0.838. The molecule has 19 heavy (non-hydrogen) atoms. The molecule has 3 nitrogen and oxygen atoms in total. The zero-order valence-electron chi connectivity index (χ0n) is 11.3. The predicted octanol–water partition coefficient (Wildman–Crippen LogP) is 3.13. The third-order valence-electron chi connectivity index (χ3n) is 2.90. The van der Waals surface area contributed by atoms with E-state index >= 15 is 0 Å². The number of rotatable bonds is 5. The average Bonchev–Trinajstić information content (AvgIpc) is 2.45. The molecule has 0 atom stereocenters. The summed E-state index contributed by atoms with van der Waals surface area (Å²) >= 11 is 0. The van der Waals surface area contributed by atoms with Gasteiger partial charge in [-0.1, -0.05) is 36.4 Å². The first-order valence-corrected chi connectivity index (χ1v) is 6.27. The van der Waals surface area contributed by atoms with E-state index in [1.807, 2.05) is 36.4 Å². The Bertz CT molecular complexity index is 564. The molecule has 0 saturated heterocycles. The second kappa shape index (κ2) is 6.59. The first-order chi connectivity index (χ1) is 9.31. The topological polar surface area (TPSA) is 33.6 Å². The van der Waals surface area contributed by atoms with Gasteiger partial charge in [0, 0.05) is 12.6 Å². The van der Waals surface area contributed by atoms with Crippen molar-refractivity contribution in [3.63, 3.8) is 0 Å². The molecule has 3 heteroatoms. The Morgan fingerprint density at radius 3 is 2.63 bits per heavy atom. The van der Waals surface area contributed by atoms with Crippen LogP contribution in [0.15, 0.2) is 53.6 Å². The number of nitrogens with one attached hydrogen (secondary N) is 1. The molecule has 0 bridgehead atoms. The molecule has 2 aromatic rings. The van der Waals surface area contributed by atoms with Crippen LogP contribution in [-0.2, 0) is 6.61 Å². The highest BCUT2D eigenvalue weighted by atomic mass is 16.5. The number of nitrogens with zero attached hydrogens (tertiary/aromatic N) is 1. The lowest BCUT2D eigenvalue weighted by atomic mass is 10.1. The lowest BCUT2D eigenvalue weighted by Gasteiger charge is -2.10. The molecule has 0 unspecified atom stereocenters. The molecular weight excluding hydrogens is 236 g/mol. The lowest BCUT2D eigenvalue weighted by molar-refractivity contribution is 0.305. The Morgan fingerprint density at radius 2 is 1.84 bits per heavy atom. The molecule has 0 radical (unpaired) electrons. The normalized spacial score (nSPS) is 10.6. The minimum atomic E-state index is 0.567. The fraction of sp³-hybridized carbons (Fsp3) is 0.188. The van der Waals surface area contributed by atoms with Crippen molar-refractivity contribution in [3.8, 4) is 5.75 Å². The van der Waals surface area contributed by atoms with E-state index < -0.39 is 0 Å². The molecule has 0 aromatic heterocycles. The predicted molar refractivity (Wildman–Crippen MR) is 78.6 cm³/mol. The van der Waals surface area contributed by atoms with Crippen LogP contribution in [0.25, 0.3) is 0 Å². The minimum absolute atomic E-state index is 0.567. The van der Waals surface area contributed by atoms with Gasteiger partial charge in [-0.05, 0) is 30.2 Å². The lowest BCUT2D eigenvalue weighted by Crippen LogP contribution is -2.01. The van der Waals surface area contributed by atoms with Crippen LogP contribution in [0.2, 0.25) is 0 Å². The van der Waals surface area contributed by atoms with Crippen molar-refractivity contribution in [2.45, 2.75) is 13.5 Å². The molecule has 98 valence electrons. The summed E-state index contributed by atoms with van der Waals surface area (Å²) < 4.78 is 5.88. The van der Waals surface area contributed by atoms with E-state index in [4.69, 9.17) is 4.74 Å². The van der Waals surface area contributed by atoms with Crippen LogP contribution in [0.3, 0.4) is 0 Å². The van der Waals surface area contributed by atoms with Crippen molar-refractivity contribution in [3.05, 3.63) is 65.2 Å². The molecule has 0 spiro atoms. The van der Waals surface area contributed by atoms with E-state index in [2.05, 4.69) is 29.6 Å². The average molecular weight is 254 g/mol. The van der Waals surface area contributed by atoms with Crippen molar-refractivity contribution >= 4 is 6.21 Å².